The summed E-state index contributed by atoms with van der Waals surface area (Å²) in [7, 11) is 0. The number of anilines is 1. The van der Waals surface area contributed by atoms with Gasteiger partial charge >= 0.3 is 0 Å². The lowest BCUT2D eigenvalue weighted by Crippen LogP contribution is -2.30. The molecule has 0 aliphatic rings. The van der Waals surface area contributed by atoms with Crippen LogP contribution in [-0.4, -0.2) is 16.9 Å². The fraction of sp³-hybridized carbons (Fsp3) is 0.235. The highest BCUT2D eigenvalue weighted by Crippen LogP contribution is 2.24. The van der Waals surface area contributed by atoms with E-state index in [1.807, 2.05) is 6.92 Å². The second-order valence-corrected chi connectivity index (χ2v) is 5.82. The summed E-state index contributed by atoms with van der Waals surface area (Å²) in [5, 5.41) is 14.1. The summed E-state index contributed by atoms with van der Waals surface area (Å²) < 4.78 is 5.60. The Morgan fingerprint density at radius 1 is 1.21 bits per heavy atom. The number of non-ortho nitro benzene ring substituents is 1. The molecule has 1 unspecified atom stereocenters. The number of nitro benzene ring substituents is 1. The average molecular weight is 349 g/mol. The van der Waals surface area contributed by atoms with E-state index in [1.165, 1.54) is 12.1 Å². The molecule has 0 aromatic heterocycles. The van der Waals surface area contributed by atoms with E-state index in [2.05, 4.69) is 5.32 Å². The Hall–Kier alpha value is -2.60. The second-order valence-electron chi connectivity index (χ2n) is 5.42. The minimum absolute atomic E-state index is 0.0854. The molecule has 1 amide bonds. The molecule has 0 saturated carbocycles. The third kappa shape index (κ3) is 4.23. The van der Waals surface area contributed by atoms with E-state index in [0.717, 1.165) is 11.1 Å². The van der Waals surface area contributed by atoms with Gasteiger partial charge in [-0.05, 0) is 50.1 Å². The van der Waals surface area contributed by atoms with Gasteiger partial charge in [-0.25, -0.2) is 0 Å². The predicted octanol–water partition coefficient (Wildman–Crippen LogP) is 4.27. The quantitative estimate of drug-likeness (QED) is 0.646. The molecule has 0 heterocycles. The smallest absolute Gasteiger partial charge is 0.271 e. The summed E-state index contributed by atoms with van der Waals surface area (Å²) in [4.78, 5) is 22.6. The van der Waals surface area contributed by atoms with Gasteiger partial charge in [0.15, 0.2) is 6.10 Å². The van der Waals surface area contributed by atoms with Gasteiger partial charge < -0.3 is 10.1 Å². The lowest BCUT2D eigenvalue weighted by molar-refractivity contribution is -0.384. The zero-order chi connectivity index (χ0) is 17.9. The van der Waals surface area contributed by atoms with Gasteiger partial charge in [-0.15, -0.1) is 0 Å². The molecule has 0 bridgehead atoms. The maximum Gasteiger partial charge on any atom is 0.271 e. The fourth-order valence-electron chi connectivity index (χ4n) is 2.04. The van der Waals surface area contributed by atoms with Crippen LogP contribution in [0.15, 0.2) is 36.4 Å². The molecular weight excluding hydrogens is 332 g/mol. The SMILES string of the molecule is Cc1cc(OC(C)C(=O)Nc2cc([N+](=O)[O-])ccc2C)ccc1Cl. The van der Waals surface area contributed by atoms with Crippen LogP contribution >= 0.6 is 11.6 Å². The largest absolute Gasteiger partial charge is 0.481 e. The Bertz CT molecular complexity index is 792. The molecule has 0 aliphatic heterocycles. The summed E-state index contributed by atoms with van der Waals surface area (Å²) in [5.41, 5.74) is 1.87. The van der Waals surface area contributed by atoms with Crippen LogP contribution < -0.4 is 10.1 Å². The molecule has 2 aromatic carbocycles. The van der Waals surface area contributed by atoms with Crippen molar-refractivity contribution in [3.8, 4) is 5.75 Å². The summed E-state index contributed by atoms with van der Waals surface area (Å²) in [6.45, 7) is 5.20. The third-order valence-corrected chi connectivity index (χ3v) is 3.93. The van der Waals surface area contributed by atoms with Crippen LogP contribution in [0.1, 0.15) is 18.1 Å². The van der Waals surface area contributed by atoms with Crippen molar-refractivity contribution in [2.75, 3.05) is 5.32 Å². The van der Waals surface area contributed by atoms with Crippen LogP contribution in [0, 0.1) is 24.0 Å². The van der Waals surface area contributed by atoms with Crippen molar-refractivity contribution in [3.05, 3.63) is 62.7 Å². The van der Waals surface area contributed by atoms with Crippen LogP contribution in [0.3, 0.4) is 0 Å². The number of hydrogen-bond acceptors (Lipinski definition) is 4. The lowest BCUT2D eigenvalue weighted by atomic mass is 10.1. The van der Waals surface area contributed by atoms with Crippen LogP contribution in [-0.2, 0) is 4.79 Å². The molecule has 1 atom stereocenters. The molecule has 0 saturated heterocycles. The van der Waals surface area contributed by atoms with E-state index in [-0.39, 0.29) is 5.69 Å². The first-order valence-corrected chi connectivity index (χ1v) is 7.64. The molecule has 2 rings (SSSR count). The van der Waals surface area contributed by atoms with Crippen LogP contribution in [0.5, 0.6) is 5.75 Å². The first-order valence-electron chi connectivity index (χ1n) is 7.26. The maximum absolute atomic E-state index is 12.3. The maximum atomic E-state index is 12.3. The van der Waals surface area contributed by atoms with Gasteiger partial charge in [-0.1, -0.05) is 17.7 Å². The Labute approximate surface area is 144 Å². The van der Waals surface area contributed by atoms with Gasteiger partial charge in [-0.2, -0.15) is 0 Å². The molecular formula is C17H17ClN2O4. The zero-order valence-corrected chi connectivity index (χ0v) is 14.3. The van der Waals surface area contributed by atoms with E-state index >= 15 is 0 Å². The van der Waals surface area contributed by atoms with E-state index in [4.69, 9.17) is 16.3 Å². The van der Waals surface area contributed by atoms with Gasteiger partial charge in [0, 0.05) is 17.2 Å². The van der Waals surface area contributed by atoms with Crippen molar-refractivity contribution >= 4 is 28.9 Å². The van der Waals surface area contributed by atoms with Gasteiger partial charge in [0.1, 0.15) is 5.75 Å². The number of halogens is 1. The number of amides is 1. The summed E-state index contributed by atoms with van der Waals surface area (Å²) >= 11 is 5.95. The number of carbonyl (C=O) groups excluding carboxylic acids is 1. The first-order chi connectivity index (χ1) is 11.3. The van der Waals surface area contributed by atoms with Crippen molar-refractivity contribution in [2.24, 2.45) is 0 Å². The molecule has 0 aliphatic carbocycles. The number of nitro groups is 1. The summed E-state index contributed by atoms with van der Waals surface area (Å²) in [6, 6.07) is 9.42. The van der Waals surface area contributed by atoms with E-state index in [1.54, 1.807) is 38.1 Å². The molecule has 6 nitrogen and oxygen atoms in total. The van der Waals surface area contributed by atoms with E-state index in [0.29, 0.717) is 16.5 Å². The van der Waals surface area contributed by atoms with Crippen LogP contribution in [0.4, 0.5) is 11.4 Å². The Balaban J connectivity index is 2.10. The highest BCUT2D eigenvalue weighted by molar-refractivity contribution is 6.31. The van der Waals surface area contributed by atoms with Crippen molar-refractivity contribution in [1.29, 1.82) is 0 Å². The van der Waals surface area contributed by atoms with Gasteiger partial charge in [0.2, 0.25) is 0 Å². The average Bonchev–Trinajstić information content (AvgIpc) is 2.52. The molecule has 0 radical (unpaired) electrons. The Kier molecular flexibility index (Phi) is 5.41. The predicted molar refractivity (Wildman–Crippen MR) is 92.7 cm³/mol. The van der Waals surface area contributed by atoms with Crippen molar-refractivity contribution < 1.29 is 14.5 Å². The van der Waals surface area contributed by atoms with E-state index in [9.17, 15) is 14.9 Å². The molecule has 2 aromatic rings. The van der Waals surface area contributed by atoms with Crippen molar-refractivity contribution in [1.82, 2.24) is 0 Å². The lowest BCUT2D eigenvalue weighted by Gasteiger charge is -2.16. The number of nitrogens with zero attached hydrogens (tertiary/aromatic N) is 1. The molecule has 0 spiro atoms. The van der Waals surface area contributed by atoms with Gasteiger partial charge in [-0.3, -0.25) is 14.9 Å². The Morgan fingerprint density at radius 3 is 2.54 bits per heavy atom. The first kappa shape index (κ1) is 17.7. The molecule has 24 heavy (non-hydrogen) atoms. The van der Waals surface area contributed by atoms with Gasteiger partial charge in [0.25, 0.3) is 11.6 Å². The monoisotopic (exact) mass is 348 g/mol. The summed E-state index contributed by atoms with van der Waals surface area (Å²) in [5.74, 6) is 0.126. The number of aryl methyl sites for hydroxylation is 2. The Morgan fingerprint density at radius 2 is 1.92 bits per heavy atom. The van der Waals surface area contributed by atoms with Gasteiger partial charge in [0.05, 0.1) is 10.6 Å². The standard InChI is InChI=1S/C17H17ClN2O4/c1-10-4-5-13(20(22)23)9-16(10)19-17(21)12(3)24-14-6-7-15(18)11(2)8-14/h4-9,12H,1-3H3,(H,19,21). The normalized spacial score (nSPS) is 11.7. The molecule has 1 N–H and O–H groups in total. The number of hydrogen-bond donors (Lipinski definition) is 1. The van der Waals surface area contributed by atoms with E-state index < -0.39 is 16.9 Å². The third-order valence-electron chi connectivity index (χ3n) is 3.50. The van der Waals surface area contributed by atoms with Crippen LogP contribution in [0.25, 0.3) is 0 Å². The molecule has 7 heteroatoms. The fourth-order valence-corrected chi connectivity index (χ4v) is 2.16. The summed E-state index contributed by atoms with van der Waals surface area (Å²) in [6.07, 6.45) is -0.774. The van der Waals surface area contributed by atoms with Crippen molar-refractivity contribution in [2.45, 2.75) is 26.9 Å². The molecule has 126 valence electrons. The minimum atomic E-state index is -0.774. The van der Waals surface area contributed by atoms with Crippen LogP contribution in [0.2, 0.25) is 5.02 Å². The topological polar surface area (TPSA) is 81.5 Å². The number of benzene rings is 2. The number of rotatable bonds is 5. The highest BCUT2D eigenvalue weighted by atomic mass is 35.5. The minimum Gasteiger partial charge on any atom is -0.481 e. The number of nitrogens with one attached hydrogen (secondary N) is 1. The zero-order valence-electron chi connectivity index (χ0n) is 13.5. The molecule has 0 fully saturated rings. The second kappa shape index (κ2) is 7.31. The van der Waals surface area contributed by atoms with Crippen molar-refractivity contribution in [3.63, 3.8) is 0 Å². The highest BCUT2D eigenvalue weighted by Gasteiger charge is 2.17. The number of carbonyl (C=O) groups is 1. The number of ether oxygens (including phenoxy) is 1.